The Morgan fingerprint density at radius 2 is 0.958 bits per heavy atom. The van der Waals surface area contributed by atoms with Gasteiger partial charge in [-0.25, -0.2) is 0 Å². The summed E-state index contributed by atoms with van der Waals surface area (Å²) in [5.41, 5.74) is 0. The Labute approximate surface area is 178 Å². The van der Waals surface area contributed by atoms with E-state index in [0.29, 0.717) is 6.54 Å². The van der Waals surface area contributed by atoms with Crippen molar-refractivity contribution < 1.29 is 36.7 Å². The summed E-state index contributed by atoms with van der Waals surface area (Å²) in [5, 5.41) is 0. The zero-order valence-electron chi connectivity index (χ0n) is 14.0. The number of nitrogens with zero attached hydrogens (tertiary/aromatic N) is 3. The molecule has 6 nitrogen and oxygen atoms in total. The van der Waals surface area contributed by atoms with Gasteiger partial charge in [-0.2, -0.15) is 0 Å². The Morgan fingerprint density at radius 1 is 0.792 bits per heavy atom. The van der Waals surface area contributed by atoms with Gasteiger partial charge in [0.1, 0.15) is 6.29 Å². The summed E-state index contributed by atoms with van der Waals surface area (Å²) >= 11 is 0.194. The van der Waals surface area contributed by atoms with Crippen LogP contribution in [0.3, 0.4) is 0 Å². The Hall–Kier alpha value is 1.35. The molecule has 0 radical (unpaired) electrons. The van der Waals surface area contributed by atoms with E-state index in [-0.39, 0.29) is 13.1 Å². The van der Waals surface area contributed by atoms with Gasteiger partial charge >= 0.3 is 82.9 Å². The molecule has 0 saturated carbocycles. The first-order valence-corrected chi connectivity index (χ1v) is 14.5. The second-order valence-corrected chi connectivity index (χ2v) is 16.7. The van der Waals surface area contributed by atoms with E-state index in [2.05, 4.69) is 0 Å². The van der Waals surface area contributed by atoms with E-state index in [4.69, 9.17) is 60.6 Å². The van der Waals surface area contributed by atoms with Gasteiger partial charge in [-0.3, -0.25) is 9.59 Å². The summed E-state index contributed by atoms with van der Waals surface area (Å²) in [6, 6.07) is 0. The van der Waals surface area contributed by atoms with Crippen molar-refractivity contribution in [1.82, 2.24) is 14.7 Å². The standard InChI is InChI=1S/C4H9NO.2C3H7NO.6ClH.2Fe/c1-5(2)3-4-6;2*1-4(2)3-5;;;;;;;;/h4H,3H2,1-2H3;2*3H,1-2H3;6*1H;;/q;;;;;;;;;2*+3/p-6. The molecule has 0 rings (SSSR count). The van der Waals surface area contributed by atoms with Crippen LogP contribution in [0, 0.1) is 0 Å². The third-order valence-electron chi connectivity index (χ3n) is 0.861. The quantitative estimate of drug-likeness (QED) is 0.393. The molecule has 0 saturated heterocycles. The molecule has 0 fully saturated rings. The van der Waals surface area contributed by atoms with E-state index in [9.17, 15) is 14.4 Å². The fraction of sp³-hybridized carbons (Fsp3) is 0.700. The molecule has 0 spiro atoms. The van der Waals surface area contributed by atoms with E-state index in [1.54, 1.807) is 28.2 Å². The summed E-state index contributed by atoms with van der Waals surface area (Å²) in [6.45, 7) is 0.528. The van der Waals surface area contributed by atoms with Crippen LogP contribution in [0.15, 0.2) is 0 Å². The number of halogens is 6. The number of aldehydes is 1. The minimum absolute atomic E-state index is 0.194. The monoisotopic (exact) mass is 555 g/mol. The number of hydrogen-bond donors (Lipinski definition) is 0. The Morgan fingerprint density at radius 3 is 0.958 bits per heavy atom. The first kappa shape index (κ1) is 36.3. The molecular formula is C10H23Cl6Fe2N3O3. The zero-order valence-corrected chi connectivity index (χ0v) is 20.7. The van der Waals surface area contributed by atoms with Crippen molar-refractivity contribution in [1.29, 1.82) is 0 Å². The molecule has 0 aliphatic heterocycles. The molecule has 0 heterocycles. The van der Waals surface area contributed by atoms with E-state index in [0.717, 1.165) is 19.1 Å². The summed E-state index contributed by atoms with van der Waals surface area (Å²) in [7, 11) is 37.2. The molecule has 154 valence electrons. The summed E-state index contributed by atoms with van der Waals surface area (Å²) in [4.78, 5) is 33.1. The first-order chi connectivity index (χ1) is 10.7. The molecule has 0 aliphatic carbocycles. The number of carbonyl (C=O) groups is 3. The van der Waals surface area contributed by atoms with Crippen LogP contribution in [0.1, 0.15) is 0 Å². The maximum absolute atomic E-state index is 9.57. The third kappa shape index (κ3) is 167. The van der Waals surface area contributed by atoms with Crippen LogP contribution in [-0.4, -0.2) is 82.6 Å². The molecule has 24 heavy (non-hydrogen) atoms. The van der Waals surface area contributed by atoms with Crippen molar-refractivity contribution in [3.05, 3.63) is 0 Å². The minimum atomic E-state index is -2.61. The van der Waals surface area contributed by atoms with Crippen molar-refractivity contribution in [3.63, 3.8) is 0 Å². The van der Waals surface area contributed by atoms with Gasteiger partial charge in [-0.15, -0.1) is 0 Å². The van der Waals surface area contributed by atoms with Gasteiger partial charge in [0.25, 0.3) is 0 Å². The molecule has 0 aromatic carbocycles. The van der Waals surface area contributed by atoms with Crippen molar-refractivity contribution in [2.75, 3.05) is 48.8 Å². The van der Waals surface area contributed by atoms with Crippen LogP contribution in [-0.2, 0) is 36.7 Å². The van der Waals surface area contributed by atoms with Gasteiger partial charge in [0.15, 0.2) is 0 Å². The predicted octanol–water partition coefficient (Wildman–Crippen LogP) is 3.29. The van der Waals surface area contributed by atoms with E-state index in [1.807, 2.05) is 19.0 Å². The maximum atomic E-state index is 9.57. The van der Waals surface area contributed by atoms with Gasteiger partial charge in [0.2, 0.25) is 12.8 Å². The number of amides is 2. The summed E-state index contributed by atoms with van der Waals surface area (Å²) in [5.74, 6) is 0. The molecule has 0 aliphatic rings. The normalized spacial score (nSPS) is 9.04. The second-order valence-electron chi connectivity index (χ2n) is 3.92. The predicted molar refractivity (Wildman–Crippen MR) is 99.2 cm³/mol. The van der Waals surface area contributed by atoms with Crippen molar-refractivity contribution >= 4 is 79.7 Å². The summed E-state index contributed by atoms with van der Waals surface area (Å²) in [6.07, 6.45) is 2.38. The molecule has 14 heteroatoms. The Balaban J connectivity index is -0.0000000636. The van der Waals surface area contributed by atoms with Gasteiger partial charge in [0, 0.05) is 28.2 Å². The molecule has 0 N–H and O–H groups in total. The van der Waals surface area contributed by atoms with Crippen molar-refractivity contribution in [2.45, 2.75) is 0 Å². The van der Waals surface area contributed by atoms with E-state index >= 15 is 0 Å². The Kier molecular flexibility index (Phi) is 44.0. The molecule has 0 atom stereocenters. The number of rotatable bonds is 4. The van der Waals surface area contributed by atoms with Gasteiger partial charge in [-0.1, -0.05) is 0 Å². The van der Waals surface area contributed by atoms with Crippen LogP contribution in [0.2, 0.25) is 0 Å². The topological polar surface area (TPSA) is 60.9 Å². The zero-order chi connectivity index (χ0) is 20.8. The molecule has 0 aromatic rings. The molecular weight excluding hydrogens is 535 g/mol. The SMILES string of the molecule is CN(C)C=O.CN(C)C=O.CN(C)CC=O.[Cl][Fe+][Cl].[Cl][Fe-]([Cl])([Cl])[Cl]. The van der Waals surface area contributed by atoms with E-state index in [1.165, 1.54) is 9.80 Å². The van der Waals surface area contributed by atoms with Gasteiger partial charge in [0.05, 0.1) is 6.54 Å². The molecule has 0 aromatic heterocycles. The first-order valence-electron chi connectivity index (χ1n) is 5.43. The molecule has 2 amide bonds. The van der Waals surface area contributed by atoms with Crippen LogP contribution in [0.5, 0.6) is 0 Å². The number of hydrogen-bond acceptors (Lipinski definition) is 4. The van der Waals surface area contributed by atoms with Gasteiger partial charge in [-0.05, 0) is 14.1 Å². The summed E-state index contributed by atoms with van der Waals surface area (Å²) < 4.78 is 0. The average molecular weight is 558 g/mol. The number of likely N-dealkylation sites (N-methyl/N-ethyl adjacent to an activating group) is 1. The van der Waals surface area contributed by atoms with Gasteiger partial charge < -0.3 is 19.5 Å². The third-order valence-corrected chi connectivity index (χ3v) is 0.861. The fourth-order valence-corrected chi connectivity index (χ4v) is 0.149. The molecule has 0 unspecified atom stereocenters. The number of carbonyl (C=O) groups excluding carboxylic acids is 3. The van der Waals surface area contributed by atoms with Crippen LogP contribution in [0.25, 0.3) is 0 Å². The second kappa shape index (κ2) is 29.1. The van der Waals surface area contributed by atoms with E-state index < -0.39 is 9.20 Å². The van der Waals surface area contributed by atoms with Crippen molar-refractivity contribution in [2.24, 2.45) is 0 Å². The Bertz CT molecular complexity index is 255. The van der Waals surface area contributed by atoms with Crippen LogP contribution < -0.4 is 0 Å². The van der Waals surface area contributed by atoms with Crippen LogP contribution >= 0.6 is 60.6 Å². The molecule has 0 bridgehead atoms. The van der Waals surface area contributed by atoms with Crippen molar-refractivity contribution in [3.8, 4) is 0 Å². The average Bonchev–Trinajstić information content (AvgIpc) is 2.38. The fourth-order valence-electron chi connectivity index (χ4n) is 0.149. The van der Waals surface area contributed by atoms with Crippen LogP contribution in [0.4, 0.5) is 0 Å².